The maximum atomic E-state index is 14.1. The summed E-state index contributed by atoms with van der Waals surface area (Å²) in [6, 6.07) is 17.4. The van der Waals surface area contributed by atoms with E-state index in [-0.39, 0.29) is 23.4 Å². The van der Waals surface area contributed by atoms with Gasteiger partial charge in [-0.05, 0) is 92.8 Å². The van der Waals surface area contributed by atoms with Gasteiger partial charge < -0.3 is 10.2 Å². The number of anilines is 1. The molecule has 0 aromatic heterocycles. The molecule has 1 saturated carbocycles. The third kappa shape index (κ3) is 7.65. The van der Waals surface area contributed by atoms with Crippen LogP contribution in [0, 0.1) is 13.8 Å². The van der Waals surface area contributed by atoms with Gasteiger partial charge >= 0.3 is 0 Å². The Bertz CT molecular complexity index is 1520. The molecule has 10 heteroatoms. The summed E-state index contributed by atoms with van der Waals surface area (Å²) in [5, 5.41) is 3.95. The highest BCUT2D eigenvalue weighted by Gasteiger charge is 2.33. The molecule has 0 radical (unpaired) electrons. The lowest BCUT2D eigenvalue weighted by molar-refractivity contribution is -0.139. The highest BCUT2D eigenvalue weighted by molar-refractivity contribution is 7.92. The first-order valence-corrected chi connectivity index (χ1v) is 16.4. The number of carbonyl (C=O) groups is 2. The zero-order chi connectivity index (χ0) is 30.4. The quantitative estimate of drug-likeness (QED) is 0.271. The Morgan fingerprint density at radius 2 is 1.60 bits per heavy atom. The normalized spacial score (nSPS) is 14.7. The van der Waals surface area contributed by atoms with Crippen molar-refractivity contribution in [2.45, 2.75) is 76.4 Å². The second kappa shape index (κ2) is 13.9. The zero-order valence-corrected chi connectivity index (χ0v) is 26.5. The van der Waals surface area contributed by atoms with Crippen molar-refractivity contribution in [1.29, 1.82) is 0 Å². The van der Waals surface area contributed by atoms with Crippen LogP contribution in [-0.2, 0) is 26.2 Å². The molecule has 2 amide bonds. The van der Waals surface area contributed by atoms with E-state index in [0.717, 1.165) is 47.5 Å². The van der Waals surface area contributed by atoms with Gasteiger partial charge in [0.05, 0.1) is 10.6 Å². The van der Waals surface area contributed by atoms with Crippen LogP contribution in [0.25, 0.3) is 0 Å². The van der Waals surface area contributed by atoms with E-state index in [2.05, 4.69) is 5.32 Å². The lowest BCUT2D eigenvalue weighted by Gasteiger charge is -2.33. The van der Waals surface area contributed by atoms with Crippen LogP contribution in [0.2, 0.25) is 10.0 Å². The standard InChI is InChI=1S/C32H37Cl2N3O4S/c1-22-13-16-28(19-23(22)2)37(42(40,41)29-17-14-26(33)15-18-29)21-31(38)36(20-25-9-7-8-12-30(25)34)24(3)32(39)35-27-10-5-4-6-11-27/h7-9,12-19,24,27H,4-6,10-11,20-21H2,1-3H3,(H,35,39)/t24-/m0/s1. The van der Waals surface area contributed by atoms with Crippen molar-refractivity contribution in [2.24, 2.45) is 0 Å². The minimum atomic E-state index is -4.18. The summed E-state index contributed by atoms with van der Waals surface area (Å²) in [4.78, 5) is 29.0. The fraction of sp³-hybridized carbons (Fsp3) is 0.375. The van der Waals surface area contributed by atoms with Crippen molar-refractivity contribution >= 4 is 50.7 Å². The smallest absolute Gasteiger partial charge is 0.264 e. The monoisotopic (exact) mass is 629 g/mol. The number of carbonyl (C=O) groups excluding carboxylic acids is 2. The molecular weight excluding hydrogens is 593 g/mol. The Balaban J connectivity index is 1.70. The van der Waals surface area contributed by atoms with E-state index in [1.54, 1.807) is 37.3 Å². The van der Waals surface area contributed by atoms with E-state index in [0.29, 0.717) is 21.3 Å². The van der Waals surface area contributed by atoms with Gasteiger partial charge in [0.15, 0.2) is 0 Å². The second-order valence-corrected chi connectivity index (χ2v) is 13.6. The summed E-state index contributed by atoms with van der Waals surface area (Å²) in [6.45, 7) is 5.01. The summed E-state index contributed by atoms with van der Waals surface area (Å²) >= 11 is 12.5. The number of nitrogens with one attached hydrogen (secondary N) is 1. The lowest BCUT2D eigenvalue weighted by atomic mass is 9.95. The number of halogens is 2. The first-order chi connectivity index (χ1) is 20.0. The number of aryl methyl sites for hydroxylation is 2. The van der Waals surface area contributed by atoms with E-state index in [9.17, 15) is 18.0 Å². The Kier molecular flexibility index (Phi) is 10.6. The van der Waals surface area contributed by atoms with Crippen LogP contribution in [-0.4, -0.2) is 43.8 Å². The summed E-state index contributed by atoms with van der Waals surface area (Å²) in [6.07, 6.45) is 5.05. The van der Waals surface area contributed by atoms with Gasteiger partial charge in [-0.3, -0.25) is 13.9 Å². The molecule has 0 unspecified atom stereocenters. The fourth-order valence-corrected chi connectivity index (χ4v) is 6.83. The molecule has 0 spiro atoms. The summed E-state index contributed by atoms with van der Waals surface area (Å²) in [5.74, 6) is -0.808. The number of benzene rings is 3. The third-order valence-electron chi connectivity index (χ3n) is 7.88. The van der Waals surface area contributed by atoms with E-state index in [1.807, 2.05) is 26.0 Å². The molecule has 3 aromatic rings. The molecule has 42 heavy (non-hydrogen) atoms. The topological polar surface area (TPSA) is 86.8 Å². The van der Waals surface area contributed by atoms with Crippen molar-refractivity contribution in [3.05, 3.63) is 93.5 Å². The molecule has 0 saturated heterocycles. The maximum Gasteiger partial charge on any atom is 0.264 e. The van der Waals surface area contributed by atoms with Gasteiger partial charge in [-0.25, -0.2) is 8.42 Å². The number of nitrogens with zero attached hydrogens (tertiary/aromatic N) is 2. The molecule has 0 bridgehead atoms. The molecule has 0 aliphatic heterocycles. The van der Waals surface area contributed by atoms with Gasteiger partial charge in [0.1, 0.15) is 12.6 Å². The van der Waals surface area contributed by atoms with Crippen molar-refractivity contribution < 1.29 is 18.0 Å². The van der Waals surface area contributed by atoms with Gasteiger partial charge in [0.2, 0.25) is 11.8 Å². The number of rotatable bonds is 10. The van der Waals surface area contributed by atoms with Crippen molar-refractivity contribution in [3.63, 3.8) is 0 Å². The highest BCUT2D eigenvalue weighted by Crippen LogP contribution is 2.28. The number of hydrogen-bond donors (Lipinski definition) is 1. The predicted octanol–water partition coefficient (Wildman–Crippen LogP) is 6.67. The van der Waals surface area contributed by atoms with Crippen LogP contribution in [0.1, 0.15) is 55.7 Å². The highest BCUT2D eigenvalue weighted by atomic mass is 35.5. The molecule has 1 atom stereocenters. The van der Waals surface area contributed by atoms with E-state index in [1.165, 1.54) is 29.2 Å². The Hall–Kier alpha value is -3.07. The third-order valence-corrected chi connectivity index (χ3v) is 10.3. The van der Waals surface area contributed by atoms with Gasteiger partial charge in [-0.15, -0.1) is 0 Å². The van der Waals surface area contributed by atoms with Gasteiger partial charge in [0, 0.05) is 22.6 Å². The molecule has 0 heterocycles. The minimum absolute atomic E-state index is 0.00123. The molecule has 1 aliphatic rings. The minimum Gasteiger partial charge on any atom is -0.352 e. The van der Waals surface area contributed by atoms with Gasteiger partial charge in [-0.2, -0.15) is 0 Å². The van der Waals surface area contributed by atoms with Crippen molar-refractivity contribution in [3.8, 4) is 0 Å². The average molecular weight is 631 g/mol. The first kappa shape index (κ1) is 31.9. The molecule has 7 nitrogen and oxygen atoms in total. The largest absolute Gasteiger partial charge is 0.352 e. The number of hydrogen-bond acceptors (Lipinski definition) is 4. The van der Waals surface area contributed by atoms with Crippen LogP contribution < -0.4 is 9.62 Å². The Morgan fingerprint density at radius 3 is 2.24 bits per heavy atom. The number of sulfonamides is 1. The average Bonchev–Trinajstić information content (AvgIpc) is 2.97. The van der Waals surface area contributed by atoms with Crippen LogP contribution in [0.5, 0.6) is 0 Å². The summed E-state index contributed by atoms with van der Waals surface area (Å²) in [7, 11) is -4.18. The van der Waals surface area contributed by atoms with E-state index >= 15 is 0 Å². The van der Waals surface area contributed by atoms with Gasteiger partial charge in [-0.1, -0.05) is 66.7 Å². The van der Waals surface area contributed by atoms with E-state index in [4.69, 9.17) is 23.2 Å². The SMILES string of the molecule is Cc1ccc(N(CC(=O)N(Cc2ccccc2Cl)[C@@H](C)C(=O)NC2CCCCC2)S(=O)(=O)c2ccc(Cl)cc2)cc1C. The van der Waals surface area contributed by atoms with Crippen LogP contribution >= 0.6 is 23.2 Å². The molecule has 3 aromatic carbocycles. The molecular formula is C32H37Cl2N3O4S. The Labute approximate surface area is 258 Å². The second-order valence-electron chi connectivity index (χ2n) is 10.9. The summed E-state index contributed by atoms with van der Waals surface area (Å²) < 4.78 is 29.1. The first-order valence-electron chi connectivity index (χ1n) is 14.2. The molecule has 1 aliphatic carbocycles. The lowest BCUT2D eigenvalue weighted by Crippen LogP contribution is -2.53. The van der Waals surface area contributed by atoms with Gasteiger partial charge in [0.25, 0.3) is 10.0 Å². The zero-order valence-electron chi connectivity index (χ0n) is 24.1. The molecule has 4 rings (SSSR count). The van der Waals surface area contributed by atoms with Crippen LogP contribution in [0.3, 0.4) is 0 Å². The van der Waals surface area contributed by atoms with E-state index < -0.39 is 28.5 Å². The van der Waals surface area contributed by atoms with Crippen molar-refractivity contribution in [2.75, 3.05) is 10.8 Å². The fourth-order valence-electron chi connectivity index (χ4n) is 5.10. The van der Waals surface area contributed by atoms with Crippen LogP contribution in [0.15, 0.2) is 71.6 Å². The summed E-state index contributed by atoms with van der Waals surface area (Å²) in [5.41, 5.74) is 2.87. The molecule has 1 N–H and O–H groups in total. The van der Waals surface area contributed by atoms with Crippen molar-refractivity contribution in [1.82, 2.24) is 10.2 Å². The number of amides is 2. The maximum absolute atomic E-state index is 14.1. The Morgan fingerprint density at radius 1 is 0.929 bits per heavy atom. The molecule has 224 valence electrons. The van der Waals surface area contributed by atoms with Crippen LogP contribution in [0.4, 0.5) is 5.69 Å². The predicted molar refractivity (Wildman–Crippen MR) is 168 cm³/mol. The molecule has 1 fully saturated rings.